The van der Waals surface area contributed by atoms with Gasteiger partial charge in [0.1, 0.15) is 23.4 Å². The number of hydrogen-bond acceptors (Lipinski definition) is 9. The number of Topliss-reactive ketones (excluding diaryl/α,β-unsaturated/α-hetero) is 2. The molecule has 2 N–H and O–H groups in total. The average Bonchev–Trinajstić information content (AvgIpc) is 3.18. The Morgan fingerprint density at radius 1 is 0.534 bits per heavy atom. The van der Waals surface area contributed by atoms with Crippen LogP contribution < -0.4 is 34.7 Å². The molecule has 0 heterocycles. The Morgan fingerprint density at radius 3 is 1.12 bits per heavy atom. The number of carbonyl (C=O) groups is 4. The summed E-state index contributed by atoms with van der Waals surface area (Å²) in [6.07, 6.45) is 27.0. The second-order valence-electron chi connectivity index (χ2n) is 15.1. The van der Waals surface area contributed by atoms with Crippen LogP contribution in [0.25, 0.3) is 0 Å². The van der Waals surface area contributed by atoms with Gasteiger partial charge < -0.3 is 24.8 Å². The van der Waals surface area contributed by atoms with Gasteiger partial charge in [-0.2, -0.15) is 0 Å². The van der Waals surface area contributed by atoms with Crippen molar-refractivity contribution in [3.05, 3.63) is 0 Å². The summed E-state index contributed by atoms with van der Waals surface area (Å²) in [5.74, 6) is -0.919. The van der Waals surface area contributed by atoms with Crippen LogP contribution in [-0.2, 0) is 28.7 Å². The molecule has 9 nitrogen and oxygen atoms in total. The molecule has 0 aliphatic carbocycles. The second-order valence-corrected chi connectivity index (χ2v) is 15.9. The molecule has 0 aromatic rings. The van der Waals surface area contributed by atoms with Crippen LogP contribution in [0, 0.1) is 10.8 Å². The van der Waals surface area contributed by atoms with Crippen molar-refractivity contribution < 1.29 is 73.5 Å². The molecular weight excluding hydrogens is 811 g/mol. The monoisotopic (exact) mass is 905 g/mol. The second kappa shape index (κ2) is 54.7. The van der Waals surface area contributed by atoms with E-state index in [0.29, 0.717) is 26.1 Å². The Kier molecular flexibility index (Phi) is 65.3. The molecule has 0 aliphatic heterocycles. The third kappa shape index (κ3) is 46.7. The Hall–Kier alpha value is -0.360. The zero-order chi connectivity index (χ0) is 44.6. The standard InChI is InChI=1S/C18H34O3.C15H32O2.C6H13Br.C6H10O3.C2H5O.Na/c1-5-8-10-12-14-18(16(4)19,17(20)21-7-3)15-13-11-9-6-2;1-3-5-7-9-11-15(13-16,14-17)12-10-8-6-4-2;1-2-3-4-5-6-7;1-3-9-6(8)4-5(2)7;1-2-3;/h5-15H2,1-4H3;16-17H,3-14H2,1-2H3;2-6H2,1H3;3-4H2,1-2H3;2H2,1H3;/q;;;;-1;+1. The smallest absolute Gasteiger partial charge is 0.855 e. The molecule has 0 aromatic carbocycles. The first-order chi connectivity index (χ1) is 27.3. The molecule has 0 rings (SSSR count). The topological polar surface area (TPSA) is 150 Å². The number of halogens is 1. The van der Waals surface area contributed by atoms with Gasteiger partial charge in [0.25, 0.3) is 0 Å². The van der Waals surface area contributed by atoms with Gasteiger partial charge in [-0.25, -0.2) is 0 Å². The van der Waals surface area contributed by atoms with Crippen LogP contribution in [0.2, 0.25) is 0 Å². The molecule has 0 saturated heterocycles. The van der Waals surface area contributed by atoms with Crippen LogP contribution in [0.5, 0.6) is 0 Å². The van der Waals surface area contributed by atoms with E-state index in [1.807, 2.05) is 0 Å². The minimum absolute atomic E-state index is 0. The van der Waals surface area contributed by atoms with E-state index in [-0.39, 0.29) is 78.7 Å². The molecule has 0 amide bonds. The number of hydrogen-bond donors (Lipinski definition) is 2. The van der Waals surface area contributed by atoms with Gasteiger partial charge in [-0.05, 0) is 59.8 Å². The fraction of sp³-hybridized carbons (Fsp3) is 0.915. The first kappa shape index (κ1) is 69.3. The maximum atomic E-state index is 12.4. The van der Waals surface area contributed by atoms with E-state index in [9.17, 15) is 29.4 Å². The fourth-order valence-corrected chi connectivity index (χ4v) is 6.48. The number of ether oxygens (including phenoxy) is 2. The molecule has 0 radical (unpaired) electrons. The largest absolute Gasteiger partial charge is 1.00 e. The number of esters is 2. The van der Waals surface area contributed by atoms with Crippen molar-refractivity contribution in [3.63, 3.8) is 0 Å². The maximum Gasteiger partial charge on any atom is 1.00 e. The van der Waals surface area contributed by atoms with Crippen molar-refractivity contribution in [1.29, 1.82) is 0 Å². The van der Waals surface area contributed by atoms with Gasteiger partial charge >= 0.3 is 41.5 Å². The van der Waals surface area contributed by atoms with Crippen molar-refractivity contribution in [2.45, 2.75) is 230 Å². The zero-order valence-electron chi connectivity index (χ0n) is 40.1. The van der Waals surface area contributed by atoms with Crippen LogP contribution in [-0.4, -0.2) is 72.1 Å². The van der Waals surface area contributed by atoms with Gasteiger partial charge in [0.15, 0.2) is 0 Å². The first-order valence-corrected chi connectivity index (χ1v) is 24.1. The molecular formula is C47H94BrNaO9. The molecule has 0 spiro atoms. The van der Waals surface area contributed by atoms with E-state index >= 15 is 0 Å². The predicted molar refractivity (Wildman–Crippen MR) is 242 cm³/mol. The van der Waals surface area contributed by atoms with Crippen LogP contribution in [0.4, 0.5) is 0 Å². The van der Waals surface area contributed by atoms with Gasteiger partial charge in [0.05, 0.1) is 26.4 Å². The third-order valence-electron chi connectivity index (χ3n) is 9.73. The fourth-order valence-electron chi connectivity index (χ4n) is 6.08. The van der Waals surface area contributed by atoms with Gasteiger partial charge in [0.2, 0.25) is 0 Å². The molecule has 0 aromatic heterocycles. The Morgan fingerprint density at radius 2 is 0.862 bits per heavy atom. The number of ketones is 2. The number of rotatable bonds is 32. The van der Waals surface area contributed by atoms with Crippen molar-refractivity contribution in [1.82, 2.24) is 0 Å². The van der Waals surface area contributed by atoms with E-state index in [1.165, 1.54) is 76.5 Å². The maximum absolute atomic E-state index is 12.4. The summed E-state index contributed by atoms with van der Waals surface area (Å²) >= 11 is 3.38. The Bertz CT molecular complexity index is 839. The number of carbonyl (C=O) groups excluding carboxylic acids is 4. The summed E-state index contributed by atoms with van der Waals surface area (Å²) in [5, 5.41) is 29.2. The van der Waals surface area contributed by atoms with Crippen LogP contribution in [0.15, 0.2) is 0 Å². The molecule has 0 fully saturated rings. The Labute approximate surface area is 389 Å². The average molecular weight is 906 g/mol. The minimum Gasteiger partial charge on any atom is -0.855 e. The van der Waals surface area contributed by atoms with E-state index < -0.39 is 11.4 Å². The number of aliphatic hydroxyl groups is 2. The van der Waals surface area contributed by atoms with Crippen LogP contribution in [0.1, 0.15) is 230 Å². The molecule has 344 valence electrons. The predicted octanol–water partition coefficient (Wildman–Crippen LogP) is 8.82. The molecule has 58 heavy (non-hydrogen) atoms. The van der Waals surface area contributed by atoms with Gasteiger partial charge in [-0.1, -0.05) is 179 Å². The summed E-state index contributed by atoms with van der Waals surface area (Å²) in [6.45, 7) is 19.9. The van der Waals surface area contributed by atoms with Gasteiger partial charge in [0, 0.05) is 10.7 Å². The SMILES string of the molecule is CCCCCCBr.CCCCCCC(CCCCCC)(C(C)=O)C(=O)OCC.CCCCCCC(CO)(CO)CCCCCC.CCOC(=O)CC(C)=O.CC[O-].[Na+]. The number of aliphatic hydroxyl groups excluding tert-OH is 2. The normalized spacial score (nSPS) is 10.4. The summed E-state index contributed by atoms with van der Waals surface area (Å²) in [7, 11) is 0. The van der Waals surface area contributed by atoms with Gasteiger partial charge in [-0.3, -0.25) is 19.2 Å². The van der Waals surface area contributed by atoms with Crippen LogP contribution in [0.3, 0.4) is 0 Å². The quantitative estimate of drug-likeness (QED) is 0.0222. The van der Waals surface area contributed by atoms with E-state index in [2.05, 4.69) is 55.3 Å². The van der Waals surface area contributed by atoms with E-state index in [1.54, 1.807) is 27.7 Å². The van der Waals surface area contributed by atoms with E-state index in [4.69, 9.17) is 9.84 Å². The van der Waals surface area contributed by atoms with Crippen molar-refractivity contribution in [2.24, 2.45) is 10.8 Å². The molecule has 0 bridgehead atoms. The summed E-state index contributed by atoms with van der Waals surface area (Å²) in [6, 6.07) is 0. The van der Waals surface area contributed by atoms with Crippen molar-refractivity contribution >= 4 is 39.4 Å². The minimum atomic E-state index is -0.891. The van der Waals surface area contributed by atoms with Crippen LogP contribution >= 0.6 is 15.9 Å². The summed E-state index contributed by atoms with van der Waals surface area (Å²) in [4.78, 5) is 45.2. The van der Waals surface area contributed by atoms with Crippen molar-refractivity contribution in [3.8, 4) is 0 Å². The molecule has 0 unspecified atom stereocenters. The zero-order valence-corrected chi connectivity index (χ0v) is 43.6. The number of alkyl halides is 1. The first-order valence-electron chi connectivity index (χ1n) is 23.0. The molecule has 0 atom stereocenters. The summed E-state index contributed by atoms with van der Waals surface area (Å²) < 4.78 is 9.72. The van der Waals surface area contributed by atoms with Gasteiger partial charge in [-0.15, -0.1) is 6.61 Å². The molecule has 11 heteroatoms. The number of unbranched alkanes of at least 4 members (excludes halogenated alkanes) is 15. The third-order valence-corrected chi connectivity index (χ3v) is 10.3. The summed E-state index contributed by atoms with van der Waals surface area (Å²) in [5.41, 5.74) is -1.10. The van der Waals surface area contributed by atoms with E-state index in [0.717, 1.165) is 77.0 Å². The Balaban J connectivity index is -0.000000162. The molecule has 0 saturated carbocycles. The van der Waals surface area contributed by atoms with Crippen molar-refractivity contribution in [2.75, 3.05) is 38.4 Å². The molecule has 0 aliphatic rings.